The predicted octanol–water partition coefficient (Wildman–Crippen LogP) is 3.63. The van der Waals surface area contributed by atoms with Crippen LogP contribution in [0.3, 0.4) is 0 Å². The molecule has 3 aromatic carbocycles. The second-order valence-corrected chi connectivity index (χ2v) is 6.98. The zero-order valence-corrected chi connectivity index (χ0v) is 15.3. The number of hydrogen-bond donors (Lipinski definition) is 2. The lowest BCUT2D eigenvalue weighted by molar-refractivity contribution is -0.127. The van der Waals surface area contributed by atoms with E-state index in [2.05, 4.69) is 10.9 Å². The van der Waals surface area contributed by atoms with Crippen LogP contribution in [0.15, 0.2) is 71.6 Å². The molecule has 132 valence electrons. The maximum atomic E-state index is 12.2. The molecule has 0 unspecified atom stereocenters. The van der Waals surface area contributed by atoms with Gasteiger partial charge < -0.3 is 0 Å². The van der Waals surface area contributed by atoms with Crippen molar-refractivity contribution in [3.63, 3.8) is 0 Å². The van der Waals surface area contributed by atoms with Gasteiger partial charge in [0.05, 0.1) is 12.2 Å². The van der Waals surface area contributed by atoms with Crippen LogP contribution >= 0.6 is 11.8 Å². The number of fused-ring (bicyclic) bond motifs is 1. The van der Waals surface area contributed by atoms with Gasteiger partial charge in [0.25, 0.3) is 0 Å². The van der Waals surface area contributed by atoms with Gasteiger partial charge in [-0.05, 0) is 34.9 Å². The van der Waals surface area contributed by atoms with Crippen molar-refractivity contribution in [2.24, 2.45) is 0 Å². The standard InChI is InChI=1S/C21H20N2O2S/c1-15-7-2-5-12-19(15)26-14-21(25)23-22-20(24)13-17-10-6-9-16-8-3-4-11-18(16)17/h2-12H,13-14H2,1H3,(H,22,24)(H,23,25). The zero-order chi connectivity index (χ0) is 18.4. The minimum Gasteiger partial charge on any atom is -0.273 e. The van der Waals surface area contributed by atoms with Gasteiger partial charge in [-0.15, -0.1) is 11.8 Å². The van der Waals surface area contributed by atoms with Gasteiger partial charge in [-0.3, -0.25) is 20.4 Å². The molecule has 0 aromatic heterocycles. The lowest BCUT2D eigenvalue weighted by Gasteiger charge is -2.09. The SMILES string of the molecule is Cc1ccccc1SCC(=O)NNC(=O)Cc1cccc2ccccc12. The molecule has 0 atom stereocenters. The Morgan fingerprint density at radius 1 is 0.846 bits per heavy atom. The van der Waals surface area contributed by atoms with Crippen LogP contribution in [0.4, 0.5) is 0 Å². The van der Waals surface area contributed by atoms with Gasteiger partial charge in [0.1, 0.15) is 0 Å². The van der Waals surface area contributed by atoms with Crippen LogP contribution < -0.4 is 10.9 Å². The summed E-state index contributed by atoms with van der Waals surface area (Å²) in [6.07, 6.45) is 0.215. The highest BCUT2D eigenvalue weighted by atomic mass is 32.2. The average molecular weight is 364 g/mol. The third kappa shape index (κ3) is 4.64. The van der Waals surface area contributed by atoms with E-state index in [9.17, 15) is 9.59 Å². The second-order valence-electron chi connectivity index (χ2n) is 5.97. The Bertz CT molecular complexity index is 935. The molecule has 0 saturated heterocycles. The molecule has 2 N–H and O–H groups in total. The first-order chi connectivity index (χ1) is 12.6. The van der Waals surface area contributed by atoms with Crippen molar-refractivity contribution in [2.75, 3.05) is 5.75 Å². The number of carbonyl (C=O) groups excluding carboxylic acids is 2. The molecule has 3 rings (SSSR count). The van der Waals surface area contributed by atoms with Crippen LogP contribution in [0.1, 0.15) is 11.1 Å². The summed E-state index contributed by atoms with van der Waals surface area (Å²) in [5, 5.41) is 2.14. The van der Waals surface area contributed by atoms with Crippen LogP contribution in [0.25, 0.3) is 10.8 Å². The smallest absolute Gasteiger partial charge is 0.248 e. The van der Waals surface area contributed by atoms with Gasteiger partial charge in [0.15, 0.2) is 0 Å². The van der Waals surface area contributed by atoms with Crippen LogP contribution in [0, 0.1) is 6.92 Å². The Kier molecular flexibility index (Phi) is 5.92. The molecule has 5 heteroatoms. The van der Waals surface area contributed by atoms with E-state index >= 15 is 0 Å². The summed E-state index contributed by atoms with van der Waals surface area (Å²) >= 11 is 1.45. The van der Waals surface area contributed by atoms with E-state index in [1.165, 1.54) is 11.8 Å². The number of hydrogen-bond acceptors (Lipinski definition) is 3. The summed E-state index contributed by atoms with van der Waals surface area (Å²) in [7, 11) is 0. The highest BCUT2D eigenvalue weighted by molar-refractivity contribution is 8.00. The largest absolute Gasteiger partial charge is 0.273 e. The van der Waals surface area contributed by atoms with Crippen LogP contribution in [0.5, 0.6) is 0 Å². The third-order valence-corrected chi connectivity index (χ3v) is 5.20. The minimum absolute atomic E-state index is 0.215. The lowest BCUT2D eigenvalue weighted by Crippen LogP contribution is -2.43. The van der Waals surface area contributed by atoms with E-state index in [-0.39, 0.29) is 24.0 Å². The summed E-state index contributed by atoms with van der Waals surface area (Å²) < 4.78 is 0. The normalized spacial score (nSPS) is 10.5. The van der Waals surface area contributed by atoms with Crippen molar-refractivity contribution >= 4 is 34.3 Å². The molecule has 0 aliphatic carbocycles. The first-order valence-electron chi connectivity index (χ1n) is 8.36. The van der Waals surface area contributed by atoms with Crippen LogP contribution in [0.2, 0.25) is 0 Å². The fraction of sp³-hybridized carbons (Fsp3) is 0.143. The molecule has 0 saturated carbocycles. The van der Waals surface area contributed by atoms with E-state index in [1.807, 2.05) is 73.7 Å². The summed E-state index contributed by atoms with van der Waals surface area (Å²) in [4.78, 5) is 25.2. The number of hydrazine groups is 1. The molecular weight excluding hydrogens is 344 g/mol. The monoisotopic (exact) mass is 364 g/mol. The first kappa shape index (κ1) is 18.0. The molecular formula is C21H20N2O2S. The third-order valence-electron chi connectivity index (χ3n) is 4.02. The van der Waals surface area contributed by atoms with Crippen molar-refractivity contribution in [3.8, 4) is 0 Å². The van der Waals surface area contributed by atoms with E-state index in [1.54, 1.807) is 0 Å². The van der Waals surface area contributed by atoms with Crippen LogP contribution in [-0.4, -0.2) is 17.6 Å². The van der Waals surface area contributed by atoms with E-state index in [0.717, 1.165) is 26.8 Å². The maximum Gasteiger partial charge on any atom is 0.248 e. The second kappa shape index (κ2) is 8.54. The molecule has 0 heterocycles. The van der Waals surface area contributed by atoms with Crippen molar-refractivity contribution in [2.45, 2.75) is 18.2 Å². The number of carbonyl (C=O) groups is 2. The molecule has 3 aromatic rings. The molecule has 4 nitrogen and oxygen atoms in total. The van der Waals surface area contributed by atoms with Gasteiger partial charge in [-0.25, -0.2) is 0 Å². The topological polar surface area (TPSA) is 58.2 Å². The molecule has 0 aliphatic heterocycles. The Morgan fingerprint density at radius 2 is 1.54 bits per heavy atom. The van der Waals surface area contributed by atoms with Crippen molar-refractivity contribution in [3.05, 3.63) is 77.9 Å². The minimum atomic E-state index is -0.240. The number of aryl methyl sites for hydroxylation is 1. The molecule has 0 fully saturated rings. The number of amides is 2. The number of nitrogens with one attached hydrogen (secondary N) is 2. The Balaban J connectivity index is 1.50. The maximum absolute atomic E-state index is 12.2. The van der Waals surface area contributed by atoms with Gasteiger partial charge in [-0.1, -0.05) is 60.7 Å². The summed E-state index contributed by atoms with van der Waals surface area (Å²) in [5.41, 5.74) is 7.04. The van der Waals surface area contributed by atoms with Crippen LogP contribution in [-0.2, 0) is 16.0 Å². The molecule has 26 heavy (non-hydrogen) atoms. The average Bonchev–Trinajstić information content (AvgIpc) is 2.66. The summed E-state index contributed by atoms with van der Waals surface area (Å²) in [6.45, 7) is 2.01. The van der Waals surface area contributed by atoms with E-state index < -0.39 is 0 Å². The Labute approximate surface area is 157 Å². The molecule has 0 radical (unpaired) electrons. The van der Waals surface area contributed by atoms with Crippen molar-refractivity contribution in [1.29, 1.82) is 0 Å². The predicted molar refractivity (Wildman–Crippen MR) is 106 cm³/mol. The quantitative estimate of drug-likeness (QED) is 0.537. The highest BCUT2D eigenvalue weighted by Gasteiger charge is 2.09. The van der Waals surface area contributed by atoms with Gasteiger partial charge in [-0.2, -0.15) is 0 Å². The molecule has 0 aliphatic rings. The lowest BCUT2D eigenvalue weighted by atomic mass is 10.0. The zero-order valence-electron chi connectivity index (χ0n) is 14.5. The molecule has 2 amide bonds. The molecule has 0 spiro atoms. The highest BCUT2D eigenvalue weighted by Crippen LogP contribution is 2.21. The number of rotatable bonds is 5. The van der Waals surface area contributed by atoms with Crippen molar-refractivity contribution < 1.29 is 9.59 Å². The number of thioether (sulfide) groups is 1. The van der Waals surface area contributed by atoms with Gasteiger partial charge in [0, 0.05) is 4.90 Å². The Hall–Kier alpha value is -2.79. The van der Waals surface area contributed by atoms with E-state index in [4.69, 9.17) is 0 Å². The van der Waals surface area contributed by atoms with Gasteiger partial charge >= 0.3 is 0 Å². The fourth-order valence-corrected chi connectivity index (χ4v) is 3.53. The van der Waals surface area contributed by atoms with E-state index in [0.29, 0.717) is 0 Å². The first-order valence-corrected chi connectivity index (χ1v) is 9.35. The number of benzene rings is 3. The Morgan fingerprint density at radius 3 is 2.38 bits per heavy atom. The van der Waals surface area contributed by atoms with Crippen molar-refractivity contribution in [1.82, 2.24) is 10.9 Å². The molecule has 0 bridgehead atoms. The fourth-order valence-electron chi connectivity index (χ4n) is 2.70. The summed E-state index contributed by atoms with van der Waals surface area (Å²) in [6, 6.07) is 21.7. The van der Waals surface area contributed by atoms with Gasteiger partial charge in [0.2, 0.25) is 11.8 Å². The summed E-state index contributed by atoms with van der Waals surface area (Å²) in [5.74, 6) is -0.223.